The molecule has 2 N–H and O–H groups in total. The highest BCUT2D eigenvalue weighted by atomic mass is 16.5. The molecular weight excluding hydrogens is 364 g/mol. The number of ether oxygens (including phenoxy) is 1. The van der Waals surface area contributed by atoms with Crippen LogP contribution in [0.15, 0.2) is 52.8 Å². The lowest BCUT2D eigenvalue weighted by atomic mass is 10.0. The van der Waals surface area contributed by atoms with Gasteiger partial charge in [0.1, 0.15) is 11.4 Å². The summed E-state index contributed by atoms with van der Waals surface area (Å²) in [4.78, 5) is 36.2. The molecule has 8 nitrogen and oxygen atoms in total. The van der Waals surface area contributed by atoms with Crippen molar-refractivity contribution in [3.63, 3.8) is 0 Å². The van der Waals surface area contributed by atoms with Crippen molar-refractivity contribution in [1.29, 1.82) is 0 Å². The Labute approximate surface area is 162 Å². The highest BCUT2D eigenvalue weighted by Gasteiger charge is 2.22. The second-order valence-corrected chi connectivity index (χ2v) is 6.28. The minimum atomic E-state index is -1.41. The molecule has 1 aromatic heterocycles. The molecule has 2 aromatic rings. The van der Waals surface area contributed by atoms with E-state index in [0.717, 1.165) is 0 Å². The molecule has 0 unspecified atom stereocenters. The number of methoxy groups -OCH3 is 1. The van der Waals surface area contributed by atoms with Crippen molar-refractivity contribution in [3.05, 3.63) is 59.7 Å². The lowest BCUT2D eigenvalue weighted by molar-refractivity contribution is -0.309. The summed E-state index contributed by atoms with van der Waals surface area (Å²) in [6, 6.07) is 8.51. The van der Waals surface area contributed by atoms with Crippen LogP contribution in [-0.4, -0.2) is 30.9 Å². The van der Waals surface area contributed by atoms with Gasteiger partial charge < -0.3 is 29.7 Å². The molecule has 0 aliphatic rings. The molecule has 28 heavy (non-hydrogen) atoms. The van der Waals surface area contributed by atoms with E-state index in [0.29, 0.717) is 11.3 Å². The number of benzene rings is 1. The normalized spacial score (nSPS) is 12.4. The van der Waals surface area contributed by atoms with Gasteiger partial charge in [0, 0.05) is 0 Å². The van der Waals surface area contributed by atoms with E-state index in [9.17, 15) is 19.5 Å². The van der Waals surface area contributed by atoms with Crippen molar-refractivity contribution in [2.75, 3.05) is 7.11 Å². The second kappa shape index (κ2) is 9.40. The van der Waals surface area contributed by atoms with Crippen LogP contribution in [0.2, 0.25) is 0 Å². The molecule has 0 saturated carbocycles. The van der Waals surface area contributed by atoms with Crippen LogP contribution in [0.1, 0.15) is 30.0 Å². The molecule has 0 aliphatic heterocycles. The number of hydrogen-bond donors (Lipinski definition) is 2. The monoisotopic (exact) mass is 385 g/mol. The van der Waals surface area contributed by atoms with Gasteiger partial charge in [0.05, 0.1) is 25.4 Å². The lowest BCUT2D eigenvalue weighted by Gasteiger charge is -2.24. The third kappa shape index (κ3) is 5.47. The number of rotatable bonds is 8. The van der Waals surface area contributed by atoms with Crippen molar-refractivity contribution < 1.29 is 28.6 Å². The highest BCUT2D eigenvalue weighted by molar-refractivity contribution is 6.05. The molecule has 2 rings (SSSR count). The van der Waals surface area contributed by atoms with Crippen LogP contribution in [-0.2, 0) is 9.59 Å². The molecule has 148 valence electrons. The fraction of sp³-hybridized carbons (Fsp3) is 0.250. The van der Waals surface area contributed by atoms with Crippen LogP contribution in [0, 0.1) is 5.92 Å². The number of carboxylic acid groups (broad SMARTS) is 1. The summed E-state index contributed by atoms with van der Waals surface area (Å²) in [6.07, 6.45) is 2.75. The molecule has 1 atom stereocenters. The third-order valence-electron chi connectivity index (χ3n) is 3.87. The van der Waals surface area contributed by atoms with Gasteiger partial charge in [-0.15, -0.1) is 0 Å². The van der Waals surface area contributed by atoms with Crippen LogP contribution in [0.3, 0.4) is 0 Å². The van der Waals surface area contributed by atoms with Crippen LogP contribution in [0.4, 0.5) is 0 Å². The third-order valence-corrected chi connectivity index (χ3v) is 3.87. The molecule has 0 saturated heterocycles. The summed E-state index contributed by atoms with van der Waals surface area (Å²) in [6.45, 7) is 3.27. The molecule has 8 heteroatoms. The molecule has 1 heterocycles. The maximum absolute atomic E-state index is 12.7. The van der Waals surface area contributed by atoms with Gasteiger partial charge in [0.25, 0.3) is 11.8 Å². The van der Waals surface area contributed by atoms with Gasteiger partial charge in [-0.25, -0.2) is 0 Å². The molecule has 0 radical (unpaired) electrons. The summed E-state index contributed by atoms with van der Waals surface area (Å²) in [5.41, 5.74) is 0.457. The number of carboxylic acids is 1. The number of aliphatic carboxylic acids is 1. The number of nitrogens with one attached hydrogen (secondary N) is 2. The first-order valence-electron chi connectivity index (χ1n) is 8.54. The van der Waals surface area contributed by atoms with Gasteiger partial charge in [0.15, 0.2) is 5.76 Å². The summed E-state index contributed by atoms with van der Waals surface area (Å²) >= 11 is 0. The van der Waals surface area contributed by atoms with Gasteiger partial charge >= 0.3 is 0 Å². The second-order valence-electron chi connectivity index (χ2n) is 6.28. The van der Waals surface area contributed by atoms with Crippen LogP contribution in [0.5, 0.6) is 5.75 Å². The largest absolute Gasteiger partial charge is 0.548 e. The Balaban J connectivity index is 2.31. The minimum absolute atomic E-state index is 0.00809. The molecule has 1 aromatic carbocycles. The SMILES string of the molecule is COc1ccc(/C=C(\NC(=O)c2ccco2)C(=O)N[C@@H](C(=O)[O-])C(C)C)cc1. The average molecular weight is 385 g/mol. The Hall–Kier alpha value is -3.55. The van der Waals surface area contributed by atoms with Gasteiger partial charge in [0.2, 0.25) is 0 Å². The maximum Gasteiger partial charge on any atom is 0.291 e. The summed E-state index contributed by atoms with van der Waals surface area (Å²) < 4.78 is 10.1. The Morgan fingerprint density at radius 1 is 1.14 bits per heavy atom. The standard InChI is InChI=1S/C20H22N2O6/c1-12(2)17(20(25)26)22-18(23)15(21-19(24)16-5-4-10-28-16)11-13-6-8-14(27-3)9-7-13/h4-12,17H,1-3H3,(H,21,24)(H,22,23)(H,25,26)/p-1/b15-11-/t17-/m1/s1. The lowest BCUT2D eigenvalue weighted by Crippen LogP contribution is -2.52. The number of hydrogen-bond acceptors (Lipinski definition) is 6. The molecule has 2 amide bonds. The smallest absolute Gasteiger partial charge is 0.291 e. The van der Waals surface area contributed by atoms with Gasteiger partial charge in [-0.3, -0.25) is 9.59 Å². The van der Waals surface area contributed by atoms with Crippen molar-refractivity contribution in [1.82, 2.24) is 10.6 Å². The summed E-state index contributed by atoms with van der Waals surface area (Å²) in [5.74, 6) is -2.59. The number of carbonyl (C=O) groups excluding carboxylic acids is 3. The first kappa shape index (κ1) is 20.8. The minimum Gasteiger partial charge on any atom is -0.548 e. The number of carbonyl (C=O) groups is 3. The molecule has 0 spiro atoms. The number of amides is 2. The van der Waals surface area contributed by atoms with Crippen molar-refractivity contribution in [2.24, 2.45) is 5.92 Å². The van der Waals surface area contributed by atoms with E-state index in [4.69, 9.17) is 9.15 Å². The van der Waals surface area contributed by atoms with Crippen LogP contribution in [0.25, 0.3) is 6.08 Å². The fourth-order valence-corrected chi connectivity index (χ4v) is 2.33. The predicted molar refractivity (Wildman–Crippen MR) is 98.9 cm³/mol. The van der Waals surface area contributed by atoms with Gasteiger partial charge in [-0.1, -0.05) is 26.0 Å². The van der Waals surface area contributed by atoms with Crippen LogP contribution < -0.4 is 20.5 Å². The highest BCUT2D eigenvalue weighted by Crippen LogP contribution is 2.14. The Morgan fingerprint density at radius 2 is 1.82 bits per heavy atom. The molecular formula is C20H21N2O6-. The van der Waals surface area contributed by atoms with E-state index in [1.54, 1.807) is 38.1 Å². The summed E-state index contributed by atoms with van der Waals surface area (Å²) in [5, 5.41) is 16.1. The zero-order valence-electron chi connectivity index (χ0n) is 15.7. The molecule has 0 aliphatic carbocycles. The van der Waals surface area contributed by atoms with Crippen molar-refractivity contribution >= 4 is 23.9 Å². The quantitative estimate of drug-likeness (QED) is 0.653. The van der Waals surface area contributed by atoms with E-state index in [1.807, 2.05) is 0 Å². The zero-order chi connectivity index (χ0) is 20.7. The Morgan fingerprint density at radius 3 is 2.32 bits per heavy atom. The van der Waals surface area contributed by atoms with E-state index in [-0.39, 0.29) is 11.5 Å². The van der Waals surface area contributed by atoms with Crippen LogP contribution >= 0.6 is 0 Å². The van der Waals surface area contributed by atoms with Gasteiger partial charge in [-0.05, 0) is 41.8 Å². The maximum atomic E-state index is 12.7. The fourth-order valence-electron chi connectivity index (χ4n) is 2.33. The summed E-state index contributed by atoms with van der Waals surface area (Å²) in [7, 11) is 1.53. The number of furan rings is 1. The zero-order valence-corrected chi connectivity index (χ0v) is 15.7. The van der Waals surface area contributed by atoms with Crippen molar-refractivity contribution in [2.45, 2.75) is 19.9 Å². The molecule has 0 bridgehead atoms. The average Bonchev–Trinajstić information content (AvgIpc) is 3.20. The van der Waals surface area contributed by atoms with Gasteiger partial charge in [-0.2, -0.15) is 0 Å². The predicted octanol–water partition coefficient (Wildman–Crippen LogP) is 0.950. The van der Waals surface area contributed by atoms with E-state index in [1.165, 1.54) is 31.6 Å². The molecule has 0 fully saturated rings. The first-order valence-corrected chi connectivity index (χ1v) is 8.54. The first-order chi connectivity index (χ1) is 13.3. The van der Waals surface area contributed by atoms with E-state index < -0.39 is 29.7 Å². The topological polar surface area (TPSA) is 121 Å². The Bertz CT molecular complexity index is 853. The van der Waals surface area contributed by atoms with Crippen molar-refractivity contribution in [3.8, 4) is 5.75 Å². The van der Waals surface area contributed by atoms with E-state index >= 15 is 0 Å². The Kier molecular flexibility index (Phi) is 6.97. The van der Waals surface area contributed by atoms with E-state index in [2.05, 4.69) is 10.6 Å².